The van der Waals surface area contributed by atoms with E-state index in [9.17, 15) is 9.59 Å². The summed E-state index contributed by atoms with van der Waals surface area (Å²) in [5.74, 6) is 0. The highest BCUT2D eigenvalue weighted by molar-refractivity contribution is 7.15. The average molecular weight is 408 g/mol. The molecule has 0 radical (unpaired) electrons. The maximum atomic E-state index is 13.0. The number of rotatable bonds is 3. The topological polar surface area (TPSA) is 56.4 Å². The Bertz CT molecular complexity index is 1440. The van der Waals surface area contributed by atoms with Crippen molar-refractivity contribution in [1.82, 2.24) is 14.0 Å². The van der Waals surface area contributed by atoms with Crippen LogP contribution in [0.25, 0.3) is 21.9 Å². The van der Waals surface area contributed by atoms with Crippen molar-refractivity contribution in [3.63, 3.8) is 0 Å². The van der Waals surface area contributed by atoms with Crippen molar-refractivity contribution in [3.8, 4) is 0 Å². The van der Waals surface area contributed by atoms with E-state index in [1.165, 1.54) is 26.8 Å². The van der Waals surface area contributed by atoms with Gasteiger partial charge in [0, 0.05) is 33.9 Å². The van der Waals surface area contributed by atoms with Gasteiger partial charge in [-0.25, -0.2) is 9.38 Å². The van der Waals surface area contributed by atoms with Crippen LogP contribution in [-0.2, 0) is 0 Å². The minimum absolute atomic E-state index is 0.275. The van der Waals surface area contributed by atoms with E-state index in [-0.39, 0.29) is 11.1 Å². The van der Waals surface area contributed by atoms with Crippen molar-refractivity contribution < 1.29 is 0 Å². The molecule has 0 bridgehead atoms. The first kappa shape index (κ1) is 19.6. The van der Waals surface area contributed by atoms with Crippen LogP contribution < -0.4 is 15.7 Å². The van der Waals surface area contributed by atoms with Gasteiger partial charge in [-0.05, 0) is 52.7 Å². The molecule has 0 aliphatic heterocycles. The van der Waals surface area contributed by atoms with E-state index in [2.05, 4.69) is 55.4 Å². The Morgan fingerprint density at radius 2 is 1.86 bits per heavy atom. The van der Waals surface area contributed by atoms with Crippen molar-refractivity contribution in [1.29, 1.82) is 0 Å². The molecule has 3 heterocycles. The number of aryl methyl sites for hydroxylation is 2. The van der Waals surface area contributed by atoms with Gasteiger partial charge < -0.3 is 4.57 Å². The summed E-state index contributed by atoms with van der Waals surface area (Å²) in [6.45, 7) is 12.1. The Hall–Kier alpha value is -2.73. The molecule has 0 saturated heterocycles. The summed E-state index contributed by atoms with van der Waals surface area (Å²) < 4.78 is 4.10. The number of thiazole rings is 1. The van der Waals surface area contributed by atoms with Crippen LogP contribution in [0.3, 0.4) is 0 Å². The summed E-state index contributed by atoms with van der Waals surface area (Å²) in [7, 11) is 0. The van der Waals surface area contributed by atoms with Crippen LogP contribution in [0, 0.1) is 27.7 Å². The number of hydrogen-bond acceptors (Lipinski definition) is 4. The Balaban J connectivity index is 2.11. The monoisotopic (exact) mass is 407 g/mol. The van der Waals surface area contributed by atoms with Gasteiger partial charge in [0.15, 0.2) is 0 Å². The summed E-state index contributed by atoms with van der Waals surface area (Å²) in [5.41, 5.74) is 5.22. The molecular weight excluding hydrogens is 382 g/mol. The van der Waals surface area contributed by atoms with Crippen LogP contribution in [0.1, 0.15) is 54.4 Å². The Morgan fingerprint density at radius 3 is 2.55 bits per heavy atom. The van der Waals surface area contributed by atoms with E-state index in [4.69, 9.17) is 0 Å². The molecule has 5 nitrogen and oxygen atoms in total. The third-order valence-corrected chi connectivity index (χ3v) is 6.93. The molecule has 0 unspecified atom stereocenters. The van der Waals surface area contributed by atoms with Gasteiger partial charge in [-0.15, -0.1) is 0 Å². The molecule has 0 aliphatic carbocycles. The number of nitrogens with zero attached hydrogens (tertiary/aromatic N) is 3. The highest BCUT2D eigenvalue weighted by atomic mass is 32.1. The SMILES string of the molecule is CC[C@H](C)n1c(C)c(/C=c2\sc3nc(C)c(C)c(=O)n3c2=O)c2cccc(C)c21. The molecule has 1 aromatic carbocycles. The molecule has 4 rings (SSSR count). The summed E-state index contributed by atoms with van der Waals surface area (Å²) in [6.07, 6.45) is 2.95. The summed E-state index contributed by atoms with van der Waals surface area (Å²) in [5, 5.41) is 1.13. The molecule has 29 heavy (non-hydrogen) atoms. The first-order chi connectivity index (χ1) is 13.8. The first-order valence-corrected chi connectivity index (χ1v) is 10.7. The second kappa shape index (κ2) is 6.95. The predicted octanol–water partition coefficient (Wildman–Crippen LogP) is 3.82. The number of fused-ring (bicyclic) bond motifs is 2. The molecule has 1 atom stereocenters. The van der Waals surface area contributed by atoms with E-state index in [1.54, 1.807) is 13.8 Å². The zero-order valence-corrected chi connectivity index (χ0v) is 18.5. The average Bonchev–Trinajstić information content (AvgIpc) is 3.15. The van der Waals surface area contributed by atoms with E-state index in [0.29, 0.717) is 26.8 Å². The van der Waals surface area contributed by atoms with Gasteiger partial charge >= 0.3 is 0 Å². The Morgan fingerprint density at radius 1 is 1.14 bits per heavy atom. The molecular formula is C23H25N3O2S. The fourth-order valence-electron chi connectivity index (χ4n) is 4.01. The highest BCUT2D eigenvalue weighted by Gasteiger charge is 2.18. The largest absolute Gasteiger partial charge is 0.341 e. The lowest BCUT2D eigenvalue weighted by atomic mass is 10.1. The molecule has 4 aromatic rings. The molecule has 0 aliphatic rings. The summed E-state index contributed by atoms with van der Waals surface area (Å²) in [4.78, 5) is 30.5. The van der Waals surface area contributed by atoms with Crippen LogP contribution in [-0.4, -0.2) is 14.0 Å². The number of benzene rings is 1. The predicted molar refractivity (Wildman–Crippen MR) is 120 cm³/mol. The van der Waals surface area contributed by atoms with Gasteiger partial charge in [-0.2, -0.15) is 0 Å². The van der Waals surface area contributed by atoms with Crippen molar-refractivity contribution in [2.75, 3.05) is 0 Å². The van der Waals surface area contributed by atoms with Gasteiger partial charge in [0.1, 0.15) is 0 Å². The van der Waals surface area contributed by atoms with Crippen LogP contribution in [0.15, 0.2) is 27.8 Å². The van der Waals surface area contributed by atoms with E-state index in [1.807, 2.05) is 6.08 Å². The zero-order valence-electron chi connectivity index (χ0n) is 17.7. The van der Waals surface area contributed by atoms with E-state index in [0.717, 1.165) is 23.1 Å². The number of para-hydroxylation sites is 1. The standard InChI is InChI=1S/C23H25N3O2S/c1-7-13(3)25-16(6)18(17-10-8-9-12(2)20(17)25)11-19-22(28)26-21(27)14(4)15(5)24-23(26)29-19/h8-11,13H,7H2,1-6H3/b19-11-/t13-/m0/s1. The number of aromatic nitrogens is 3. The van der Waals surface area contributed by atoms with Crippen molar-refractivity contribution >= 4 is 33.3 Å². The summed E-state index contributed by atoms with van der Waals surface area (Å²) >= 11 is 1.28. The van der Waals surface area contributed by atoms with Crippen LogP contribution in [0.4, 0.5) is 0 Å². The maximum Gasteiger partial charge on any atom is 0.277 e. The maximum absolute atomic E-state index is 13.0. The molecule has 6 heteroatoms. The second-order valence-electron chi connectivity index (χ2n) is 7.76. The molecule has 0 saturated carbocycles. The van der Waals surface area contributed by atoms with E-state index < -0.39 is 0 Å². The third kappa shape index (κ3) is 2.85. The Labute approximate surface area is 172 Å². The normalized spacial score (nSPS) is 13.7. The van der Waals surface area contributed by atoms with Gasteiger partial charge in [-0.1, -0.05) is 36.5 Å². The lowest BCUT2D eigenvalue weighted by Gasteiger charge is -2.16. The van der Waals surface area contributed by atoms with Gasteiger partial charge in [0.25, 0.3) is 11.1 Å². The van der Waals surface area contributed by atoms with Crippen molar-refractivity contribution in [3.05, 3.63) is 71.5 Å². The van der Waals surface area contributed by atoms with Crippen LogP contribution in [0.5, 0.6) is 0 Å². The molecule has 150 valence electrons. The lowest BCUT2D eigenvalue weighted by molar-refractivity contribution is 0.536. The minimum atomic E-state index is -0.290. The molecule has 0 N–H and O–H groups in total. The van der Waals surface area contributed by atoms with Gasteiger partial charge in [0.05, 0.1) is 10.0 Å². The van der Waals surface area contributed by atoms with Crippen LogP contribution >= 0.6 is 11.3 Å². The molecule has 3 aromatic heterocycles. The van der Waals surface area contributed by atoms with Crippen molar-refractivity contribution in [2.24, 2.45) is 0 Å². The van der Waals surface area contributed by atoms with Crippen molar-refractivity contribution in [2.45, 2.75) is 54.0 Å². The highest BCUT2D eigenvalue weighted by Crippen LogP contribution is 2.32. The smallest absolute Gasteiger partial charge is 0.277 e. The Kier molecular flexibility index (Phi) is 4.69. The molecule has 0 fully saturated rings. The fraction of sp³-hybridized carbons (Fsp3) is 0.348. The minimum Gasteiger partial charge on any atom is -0.341 e. The fourth-order valence-corrected chi connectivity index (χ4v) is 5.00. The van der Waals surface area contributed by atoms with E-state index >= 15 is 0 Å². The molecule has 0 amide bonds. The van der Waals surface area contributed by atoms with Gasteiger partial charge in [0.2, 0.25) is 4.96 Å². The van der Waals surface area contributed by atoms with Crippen LogP contribution in [0.2, 0.25) is 0 Å². The quantitative estimate of drug-likeness (QED) is 0.519. The number of hydrogen-bond donors (Lipinski definition) is 0. The second-order valence-corrected chi connectivity index (χ2v) is 8.77. The molecule has 0 spiro atoms. The zero-order chi connectivity index (χ0) is 21.0. The third-order valence-electron chi connectivity index (χ3n) is 5.96. The summed E-state index contributed by atoms with van der Waals surface area (Å²) in [6, 6.07) is 6.63. The lowest BCUT2D eigenvalue weighted by Crippen LogP contribution is -2.32. The van der Waals surface area contributed by atoms with Gasteiger partial charge in [-0.3, -0.25) is 9.59 Å². The first-order valence-electron chi connectivity index (χ1n) is 9.90.